The standard InChI is InChI=1S/C25H33N11O7S3/c1-12(23(41)42-14-6-3-2-4-7-14)43-31-15(18-29-24(27)46-32-18)19(37)28-16-20(38)36-17(22(39)40)13(10-44-21(16)36)11-45-25-30-33-34-35(25)9-5-8-26/h12,14,16,21H,2-11,26H2,1H3,(H,28,37)(H,39,40)(H2,27,29,32)/b31-15+/t12?,16?,21-/m1/s1. The third kappa shape index (κ3) is 7.58. The van der Waals surface area contributed by atoms with Gasteiger partial charge in [0.15, 0.2) is 5.13 Å². The normalized spacial score (nSPS) is 21.0. The van der Waals surface area contributed by atoms with Gasteiger partial charge in [-0.3, -0.25) is 14.5 Å². The Morgan fingerprint density at radius 2 is 2.04 bits per heavy atom. The molecule has 0 aromatic carbocycles. The molecule has 2 aromatic rings. The first-order valence-electron chi connectivity index (χ1n) is 14.5. The van der Waals surface area contributed by atoms with Crippen LogP contribution in [-0.4, -0.2) is 111 Å². The fourth-order valence-electron chi connectivity index (χ4n) is 4.97. The van der Waals surface area contributed by atoms with Crippen molar-refractivity contribution in [3.63, 3.8) is 0 Å². The zero-order chi connectivity index (χ0) is 32.8. The van der Waals surface area contributed by atoms with Gasteiger partial charge < -0.3 is 31.5 Å². The molecule has 2 fully saturated rings. The number of β-lactam (4-membered cyclic amide) rings is 1. The maximum absolute atomic E-state index is 13.4. The van der Waals surface area contributed by atoms with Crippen LogP contribution < -0.4 is 16.8 Å². The average molecular weight is 696 g/mol. The summed E-state index contributed by atoms with van der Waals surface area (Å²) < 4.78 is 11.1. The second-order valence-corrected chi connectivity index (χ2v) is 13.4. The molecule has 1 aliphatic carbocycles. The molecule has 6 N–H and O–H groups in total. The van der Waals surface area contributed by atoms with E-state index in [-0.39, 0.29) is 34.3 Å². The summed E-state index contributed by atoms with van der Waals surface area (Å²) >= 11 is 3.37. The topological polar surface area (TPSA) is 256 Å². The van der Waals surface area contributed by atoms with Crippen molar-refractivity contribution in [1.82, 2.24) is 39.8 Å². The van der Waals surface area contributed by atoms with Gasteiger partial charge in [0.1, 0.15) is 23.2 Å². The number of hydrogen-bond donors (Lipinski definition) is 4. The predicted molar refractivity (Wildman–Crippen MR) is 166 cm³/mol. The van der Waals surface area contributed by atoms with Crippen molar-refractivity contribution in [3.05, 3.63) is 17.1 Å². The molecule has 248 valence electrons. The van der Waals surface area contributed by atoms with Gasteiger partial charge in [-0.25, -0.2) is 14.3 Å². The summed E-state index contributed by atoms with van der Waals surface area (Å²) in [5, 5.41) is 28.0. The number of hydrogen-bond acceptors (Lipinski definition) is 17. The highest BCUT2D eigenvalue weighted by Crippen LogP contribution is 2.41. The SMILES string of the molecule is CC(O/N=C(/C(=O)NC1C(=O)N2C(C(=O)O)=C(CSc3nnnn3CCCN)CS[C@H]12)c1nsc(N)n1)C(=O)OC1CCCCC1. The van der Waals surface area contributed by atoms with E-state index in [1.54, 1.807) is 4.68 Å². The van der Waals surface area contributed by atoms with Crippen molar-refractivity contribution in [2.45, 2.75) is 80.8 Å². The monoisotopic (exact) mass is 695 g/mol. The van der Waals surface area contributed by atoms with E-state index in [0.29, 0.717) is 30.2 Å². The number of aromatic nitrogens is 6. The number of carboxylic acids is 1. The van der Waals surface area contributed by atoms with Crippen LogP contribution in [0.15, 0.2) is 21.6 Å². The molecule has 0 radical (unpaired) electrons. The van der Waals surface area contributed by atoms with E-state index in [9.17, 15) is 24.3 Å². The van der Waals surface area contributed by atoms with E-state index in [0.717, 1.165) is 48.5 Å². The van der Waals surface area contributed by atoms with E-state index in [4.69, 9.17) is 21.0 Å². The first-order valence-corrected chi connectivity index (χ1v) is 17.3. The molecule has 2 amide bonds. The molecular weight excluding hydrogens is 663 g/mol. The third-order valence-corrected chi connectivity index (χ3v) is 10.2. The lowest BCUT2D eigenvalue weighted by Gasteiger charge is -2.49. The Morgan fingerprint density at radius 3 is 2.74 bits per heavy atom. The molecule has 5 rings (SSSR count). The van der Waals surface area contributed by atoms with Crippen LogP contribution in [0, 0.1) is 0 Å². The lowest BCUT2D eigenvalue weighted by Crippen LogP contribution is -2.71. The predicted octanol–water partition coefficient (Wildman–Crippen LogP) is -0.0284. The maximum Gasteiger partial charge on any atom is 0.352 e. The highest BCUT2D eigenvalue weighted by molar-refractivity contribution is 8.01. The molecule has 2 unspecified atom stereocenters. The number of carboxylic acid groups (broad SMARTS) is 1. The van der Waals surface area contributed by atoms with Crippen LogP contribution in [-0.2, 0) is 35.3 Å². The number of oxime groups is 1. The van der Waals surface area contributed by atoms with Crippen molar-refractivity contribution in [2.24, 2.45) is 10.9 Å². The maximum atomic E-state index is 13.4. The molecular formula is C25H33N11O7S3. The summed E-state index contributed by atoms with van der Waals surface area (Å²) in [6.45, 7) is 2.42. The second kappa shape index (κ2) is 15.2. The quantitative estimate of drug-likeness (QED) is 0.0665. The van der Waals surface area contributed by atoms with Crippen LogP contribution in [0.3, 0.4) is 0 Å². The van der Waals surface area contributed by atoms with Gasteiger partial charge in [0, 0.05) is 29.6 Å². The zero-order valence-corrected chi connectivity index (χ0v) is 27.2. The van der Waals surface area contributed by atoms with Gasteiger partial charge in [-0.05, 0) is 61.6 Å². The minimum atomic E-state index is -1.27. The number of nitrogens with one attached hydrogen (secondary N) is 1. The fourth-order valence-corrected chi connectivity index (χ4v) is 7.79. The van der Waals surface area contributed by atoms with E-state index < -0.39 is 47.0 Å². The molecule has 2 aromatic heterocycles. The molecule has 2 aliphatic heterocycles. The van der Waals surface area contributed by atoms with Gasteiger partial charge in [0.2, 0.25) is 22.8 Å². The molecule has 3 aliphatic rings. The third-order valence-electron chi connectivity index (χ3n) is 7.32. The van der Waals surface area contributed by atoms with E-state index >= 15 is 0 Å². The summed E-state index contributed by atoms with van der Waals surface area (Å²) in [4.78, 5) is 62.0. The largest absolute Gasteiger partial charge is 0.477 e. The van der Waals surface area contributed by atoms with Gasteiger partial charge in [-0.2, -0.15) is 9.36 Å². The van der Waals surface area contributed by atoms with Gasteiger partial charge in [0.25, 0.3) is 11.8 Å². The zero-order valence-electron chi connectivity index (χ0n) is 24.7. The Kier molecular flexibility index (Phi) is 11.1. The van der Waals surface area contributed by atoms with Crippen LogP contribution in [0.4, 0.5) is 5.13 Å². The summed E-state index contributed by atoms with van der Waals surface area (Å²) in [7, 11) is 0. The first-order chi connectivity index (χ1) is 22.2. The van der Waals surface area contributed by atoms with Crippen LogP contribution in [0.2, 0.25) is 0 Å². The van der Waals surface area contributed by atoms with E-state index in [1.165, 1.54) is 30.4 Å². The number of nitrogen functional groups attached to an aromatic ring is 1. The van der Waals surface area contributed by atoms with Crippen LogP contribution in [0.5, 0.6) is 0 Å². The van der Waals surface area contributed by atoms with Gasteiger partial charge in [-0.1, -0.05) is 23.3 Å². The van der Waals surface area contributed by atoms with E-state index in [2.05, 4.69) is 35.4 Å². The van der Waals surface area contributed by atoms with Crippen LogP contribution in [0.1, 0.15) is 51.3 Å². The Labute approximate surface area is 275 Å². The molecule has 1 saturated heterocycles. The minimum absolute atomic E-state index is 0.0593. The van der Waals surface area contributed by atoms with Crippen molar-refractivity contribution >= 4 is 69.7 Å². The number of carbonyl (C=O) groups excluding carboxylic acids is 3. The minimum Gasteiger partial charge on any atom is -0.477 e. The van der Waals surface area contributed by atoms with Crippen molar-refractivity contribution in [2.75, 3.05) is 23.8 Å². The molecule has 18 nitrogen and oxygen atoms in total. The van der Waals surface area contributed by atoms with Crippen molar-refractivity contribution < 1.29 is 33.9 Å². The van der Waals surface area contributed by atoms with Gasteiger partial charge in [-0.15, -0.1) is 16.9 Å². The molecule has 1 saturated carbocycles. The molecule has 0 bridgehead atoms. The number of rotatable bonds is 14. The Hall–Kier alpha value is -3.82. The Balaban J connectivity index is 1.25. The Bertz CT molecular complexity index is 1520. The Morgan fingerprint density at radius 1 is 1.26 bits per heavy atom. The molecule has 4 heterocycles. The summed E-state index contributed by atoms with van der Waals surface area (Å²) in [6, 6.07) is -1.07. The summed E-state index contributed by atoms with van der Waals surface area (Å²) in [6.07, 6.45) is 3.94. The summed E-state index contributed by atoms with van der Waals surface area (Å²) in [5.41, 5.74) is 11.2. The number of carbonyl (C=O) groups is 4. The van der Waals surface area contributed by atoms with Gasteiger partial charge in [0.05, 0.1) is 0 Å². The number of nitrogens with two attached hydrogens (primary N) is 2. The summed E-state index contributed by atoms with van der Waals surface area (Å²) in [5.74, 6) is -3.02. The first kappa shape index (κ1) is 33.5. The number of nitrogens with zero attached hydrogens (tertiary/aromatic N) is 8. The van der Waals surface area contributed by atoms with Crippen molar-refractivity contribution in [3.8, 4) is 0 Å². The number of amides is 2. The lowest BCUT2D eigenvalue weighted by atomic mass is 9.98. The molecule has 46 heavy (non-hydrogen) atoms. The number of anilines is 1. The van der Waals surface area contributed by atoms with Crippen LogP contribution >= 0.6 is 35.1 Å². The number of aliphatic carboxylic acids is 1. The number of esters is 1. The molecule has 3 atom stereocenters. The number of tetrazole rings is 1. The average Bonchev–Trinajstić information content (AvgIpc) is 3.69. The van der Waals surface area contributed by atoms with Crippen LogP contribution in [0.25, 0.3) is 0 Å². The number of thioether (sulfide) groups is 2. The van der Waals surface area contributed by atoms with E-state index in [1.807, 2.05) is 0 Å². The number of ether oxygens (including phenoxy) is 1. The number of fused-ring (bicyclic) bond motifs is 1. The second-order valence-electron chi connectivity index (χ2n) is 10.6. The highest BCUT2D eigenvalue weighted by atomic mass is 32.2. The van der Waals surface area contributed by atoms with Gasteiger partial charge >= 0.3 is 11.9 Å². The highest BCUT2D eigenvalue weighted by Gasteiger charge is 2.54. The lowest BCUT2D eigenvalue weighted by molar-refractivity contribution is -0.163. The fraction of sp³-hybridized carbons (Fsp3) is 0.600. The van der Waals surface area contributed by atoms with Crippen molar-refractivity contribution in [1.29, 1.82) is 0 Å². The molecule has 0 spiro atoms. The smallest absolute Gasteiger partial charge is 0.352 e. The molecule has 21 heteroatoms. The number of aryl methyl sites for hydroxylation is 1.